The average molecular weight is 284 g/mol. The normalized spacial score (nSPS) is 28.8. The van der Waals surface area contributed by atoms with E-state index in [2.05, 4.69) is 10.4 Å². The van der Waals surface area contributed by atoms with Gasteiger partial charge in [-0.05, 0) is 31.1 Å². The lowest BCUT2D eigenvalue weighted by molar-refractivity contribution is 0.266. The van der Waals surface area contributed by atoms with Crippen LogP contribution in [0, 0.1) is 11.8 Å². The van der Waals surface area contributed by atoms with E-state index in [1.807, 2.05) is 0 Å². The molecule has 0 amide bonds. The molecule has 1 aromatic heterocycles. The number of hydrogen-bond acceptors (Lipinski definition) is 4. The van der Waals surface area contributed by atoms with Crippen LogP contribution in [0.2, 0.25) is 5.02 Å². The Morgan fingerprint density at radius 2 is 2.32 bits per heavy atom. The molecule has 0 spiro atoms. The molecule has 0 radical (unpaired) electrons. The molecule has 2 fully saturated rings. The molecule has 5 nitrogen and oxygen atoms in total. The fourth-order valence-electron chi connectivity index (χ4n) is 3.44. The van der Waals surface area contributed by atoms with Gasteiger partial charge in [0.25, 0.3) is 5.56 Å². The third-order valence-electron chi connectivity index (χ3n) is 4.38. The second-order valence-corrected chi connectivity index (χ2v) is 5.93. The van der Waals surface area contributed by atoms with Crippen molar-refractivity contribution >= 4 is 17.3 Å². The number of fused-ring (bicyclic) bond motifs is 2. The van der Waals surface area contributed by atoms with Crippen molar-refractivity contribution in [3.8, 4) is 0 Å². The second-order valence-electron chi connectivity index (χ2n) is 5.55. The van der Waals surface area contributed by atoms with Crippen molar-refractivity contribution in [3.63, 3.8) is 0 Å². The van der Waals surface area contributed by atoms with Gasteiger partial charge in [-0.1, -0.05) is 18.0 Å². The van der Waals surface area contributed by atoms with Gasteiger partial charge in [0.15, 0.2) is 0 Å². The molecular formula is C13H18ClN3O2. The minimum Gasteiger partial charge on any atom is -0.394 e. The first-order valence-electron chi connectivity index (χ1n) is 6.82. The molecule has 3 rings (SSSR count). The number of anilines is 1. The molecule has 3 atom stereocenters. The Morgan fingerprint density at radius 3 is 2.95 bits per heavy atom. The van der Waals surface area contributed by atoms with E-state index in [0.29, 0.717) is 17.6 Å². The Bertz CT molecular complexity index is 531. The van der Waals surface area contributed by atoms with E-state index in [1.54, 1.807) is 6.20 Å². The predicted octanol–water partition coefficient (Wildman–Crippen LogP) is 1.49. The number of aliphatic hydroxyl groups excluding tert-OH is 1. The fraction of sp³-hybridized carbons (Fsp3) is 0.692. The molecule has 2 N–H and O–H groups in total. The smallest absolute Gasteiger partial charge is 0.287 e. The minimum atomic E-state index is -0.344. The first-order chi connectivity index (χ1) is 9.19. The molecule has 1 heterocycles. The van der Waals surface area contributed by atoms with Crippen LogP contribution in [0.25, 0.3) is 0 Å². The van der Waals surface area contributed by atoms with Gasteiger partial charge in [-0.15, -0.1) is 0 Å². The average Bonchev–Trinajstić information content (AvgIpc) is 3.01. The summed E-state index contributed by atoms with van der Waals surface area (Å²) in [4.78, 5) is 11.9. The van der Waals surface area contributed by atoms with Crippen molar-refractivity contribution in [2.45, 2.75) is 38.3 Å². The maximum Gasteiger partial charge on any atom is 0.287 e. The minimum absolute atomic E-state index is 0.123. The first-order valence-corrected chi connectivity index (χ1v) is 7.20. The number of halogens is 1. The van der Waals surface area contributed by atoms with Crippen molar-refractivity contribution in [1.82, 2.24) is 9.78 Å². The molecule has 19 heavy (non-hydrogen) atoms. The van der Waals surface area contributed by atoms with Gasteiger partial charge in [0.1, 0.15) is 5.02 Å². The topological polar surface area (TPSA) is 67.2 Å². The molecule has 6 heteroatoms. The third-order valence-corrected chi connectivity index (χ3v) is 4.74. The molecule has 1 aromatic rings. The van der Waals surface area contributed by atoms with E-state index in [1.165, 1.54) is 30.4 Å². The molecule has 2 aliphatic rings. The van der Waals surface area contributed by atoms with Gasteiger partial charge in [0.05, 0.1) is 25.0 Å². The van der Waals surface area contributed by atoms with E-state index in [-0.39, 0.29) is 23.7 Å². The van der Waals surface area contributed by atoms with E-state index in [9.17, 15) is 4.79 Å². The van der Waals surface area contributed by atoms with Crippen LogP contribution in [-0.2, 0) is 6.54 Å². The largest absolute Gasteiger partial charge is 0.394 e. The number of nitrogens with one attached hydrogen (secondary N) is 1. The van der Waals surface area contributed by atoms with E-state index in [0.717, 1.165) is 5.92 Å². The molecule has 0 aliphatic heterocycles. The Hall–Kier alpha value is -1.07. The number of aromatic nitrogens is 2. The van der Waals surface area contributed by atoms with Crippen LogP contribution in [0.5, 0.6) is 0 Å². The van der Waals surface area contributed by atoms with Gasteiger partial charge >= 0.3 is 0 Å². The lowest BCUT2D eigenvalue weighted by Gasteiger charge is -2.24. The van der Waals surface area contributed by atoms with Crippen LogP contribution in [0.4, 0.5) is 5.69 Å². The third kappa shape index (κ3) is 2.37. The number of rotatable bonds is 4. The van der Waals surface area contributed by atoms with Crippen molar-refractivity contribution in [3.05, 3.63) is 21.6 Å². The quantitative estimate of drug-likeness (QED) is 0.879. The summed E-state index contributed by atoms with van der Waals surface area (Å²) in [6.45, 7) is 0.0509. The van der Waals surface area contributed by atoms with Crippen molar-refractivity contribution in [1.29, 1.82) is 0 Å². The summed E-state index contributed by atoms with van der Waals surface area (Å²) in [6.07, 6.45) is 6.66. The van der Waals surface area contributed by atoms with Crippen LogP contribution in [0.15, 0.2) is 11.0 Å². The lowest BCUT2D eigenvalue weighted by atomic mass is 9.95. The van der Waals surface area contributed by atoms with Crippen LogP contribution < -0.4 is 10.9 Å². The molecule has 104 valence electrons. The SMILES string of the molecule is O=c1c(Cl)c(NC2CC3CCC2C3)cnn1CCO. The summed E-state index contributed by atoms with van der Waals surface area (Å²) in [5.41, 5.74) is 0.280. The van der Waals surface area contributed by atoms with Gasteiger partial charge < -0.3 is 10.4 Å². The highest BCUT2D eigenvalue weighted by molar-refractivity contribution is 6.32. The summed E-state index contributed by atoms with van der Waals surface area (Å²) >= 11 is 6.10. The molecular weight excluding hydrogens is 266 g/mol. The van der Waals surface area contributed by atoms with E-state index >= 15 is 0 Å². The fourth-order valence-corrected chi connectivity index (χ4v) is 3.64. The highest BCUT2D eigenvalue weighted by atomic mass is 35.5. The first kappa shape index (κ1) is 12.9. The zero-order valence-electron chi connectivity index (χ0n) is 10.7. The highest BCUT2D eigenvalue weighted by Gasteiger charge is 2.39. The summed E-state index contributed by atoms with van der Waals surface area (Å²) < 4.78 is 1.19. The highest BCUT2D eigenvalue weighted by Crippen LogP contribution is 2.45. The van der Waals surface area contributed by atoms with Crippen LogP contribution in [0.1, 0.15) is 25.7 Å². The standard InChI is InChI=1S/C13H18ClN3O2/c14-12-11(7-15-17(3-4-18)13(12)19)16-10-6-8-1-2-9(10)5-8/h7-10,16,18H,1-6H2. The van der Waals surface area contributed by atoms with Gasteiger partial charge in [0.2, 0.25) is 0 Å². The molecule has 0 saturated heterocycles. The van der Waals surface area contributed by atoms with Gasteiger partial charge in [0, 0.05) is 6.04 Å². The number of nitrogens with zero attached hydrogens (tertiary/aromatic N) is 2. The molecule has 3 unspecified atom stereocenters. The Labute approximate surface area is 116 Å². The predicted molar refractivity (Wildman–Crippen MR) is 73.5 cm³/mol. The van der Waals surface area contributed by atoms with E-state index < -0.39 is 0 Å². The maximum absolute atomic E-state index is 11.9. The Kier molecular flexibility index (Phi) is 3.50. The Morgan fingerprint density at radius 1 is 1.47 bits per heavy atom. The zero-order valence-corrected chi connectivity index (χ0v) is 11.4. The maximum atomic E-state index is 11.9. The summed E-state index contributed by atoms with van der Waals surface area (Å²) in [5, 5.41) is 16.4. The summed E-state index contributed by atoms with van der Waals surface area (Å²) in [7, 11) is 0. The van der Waals surface area contributed by atoms with Crippen LogP contribution >= 0.6 is 11.6 Å². The van der Waals surface area contributed by atoms with Gasteiger partial charge in [-0.2, -0.15) is 5.10 Å². The van der Waals surface area contributed by atoms with Gasteiger partial charge in [-0.25, -0.2) is 4.68 Å². The molecule has 2 bridgehead atoms. The van der Waals surface area contributed by atoms with Crippen molar-refractivity contribution < 1.29 is 5.11 Å². The zero-order chi connectivity index (χ0) is 13.4. The number of aliphatic hydroxyl groups is 1. The molecule has 2 aliphatic carbocycles. The second kappa shape index (κ2) is 5.13. The Balaban J connectivity index is 1.78. The van der Waals surface area contributed by atoms with E-state index in [4.69, 9.17) is 16.7 Å². The molecule has 2 saturated carbocycles. The summed E-state index contributed by atoms with van der Waals surface area (Å²) in [5.74, 6) is 1.55. The monoisotopic (exact) mass is 283 g/mol. The van der Waals surface area contributed by atoms with Crippen LogP contribution in [-0.4, -0.2) is 27.5 Å². The van der Waals surface area contributed by atoms with Crippen LogP contribution in [0.3, 0.4) is 0 Å². The van der Waals surface area contributed by atoms with Crippen molar-refractivity contribution in [2.24, 2.45) is 11.8 Å². The summed E-state index contributed by atoms with van der Waals surface area (Å²) in [6, 6.07) is 0.422. The van der Waals surface area contributed by atoms with Gasteiger partial charge in [-0.3, -0.25) is 4.79 Å². The lowest BCUT2D eigenvalue weighted by Crippen LogP contribution is -2.30. The molecule has 0 aromatic carbocycles. The number of hydrogen-bond donors (Lipinski definition) is 2. The van der Waals surface area contributed by atoms with Crippen molar-refractivity contribution in [2.75, 3.05) is 11.9 Å².